The first kappa shape index (κ1) is 13.5. The number of rotatable bonds is 4. The molecule has 3 aromatic rings. The lowest BCUT2D eigenvalue weighted by atomic mass is 10.1. The van der Waals surface area contributed by atoms with Gasteiger partial charge >= 0.3 is 0 Å². The average molecular weight is 311 g/mol. The minimum Gasteiger partial charge on any atom is -0.346 e. The normalized spacial score (nSPS) is 14.4. The van der Waals surface area contributed by atoms with Crippen LogP contribution < -0.4 is 5.32 Å². The lowest BCUT2D eigenvalue weighted by molar-refractivity contribution is 0.0953. The van der Waals surface area contributed by atoms with Gasteiger partial charge in [-0.3, -0.25) is 4.79 Å². The summed E-state index contributed by atoms with van der Waals surface area (Å²) in [4.78, 5) is 17.8. The molecule has 1 fully saturated rings. The van der Waals surface area contributed by atoms with E-state index in [1.807, 2.05) is 41.2 Å². The highest BCUT2D eigenvalue weighted by atomic mass is 32.1. The number of fused-ring (bicyclic) bond motifs is 1. The Balaban J connectivity index is 1.48. The van der Waals surface area contributed by atoms with Crippen molar-refractivity contribution < 1.29 is 4.79 Å². The highest BCUT2D eigenvalue weighted by Crippen LogP contribution is 2.43. The molecule has 112 valence electrons. The second-order valence-electron chi connectivity index (χ2n) is 5.86. The third-order valence-electron chi connectivity index (χ3n) is 4.01. The summed E-state index contributed by atoms with van der Waals surface area (Å²) in [5, 5.41) is 5.01. The summed E-state index contributed by atoms with van der Waals surface area (Å²) in [5.74, 6) is 0.621. The molecule has 4 nitrogen and oxygen atoms in total. The third-order valence-corrected chi connectivity index (χ3v) is 4.94. The van der Waals surface area contributed by atoms with Crippen LogP contribution in [0.15, 0.2) is 36.0 Å². The van der Waals surface area contributed by atoms with E-state index in [0.29, 0.717) is 12.5 Å². The SMILES string of the molecule is Cc1ccn2cc(CNC(=O)c3sccc3C3CC3)nc2c1. The predicted octanol–water partition coefficient (Wildman–Crippen LogP) is 3.51. The van der Waals surface area contributed by atoms with Crippen LogP contribution in [0, 0.1) is 6.92 Å². The molecule has 0 radical (unpaired) electrons. The molecule has 0 bridgehead atoms. The van der Waals surface area contributed by atoms with Crippen molar-refractivity contribution in [1.29, 1.82) is 0 Å². The summed E-state index contributed by atoms with van der Waals surface area (Å²) in [6, 6.07) is 6.17. The van der Waals surface area contributed by atoms with Crippen LogP contribution in [-0.4, -0.2) is 15.3 Å². The lowest BCUT2D eigenvalue weighted by Gasteiger charge is -2.03. The van der Waals surface area contributed by atoms with Gasteiger partial charge in [0.1, 0.15) is 5.65 Å². The number of aromatic nitrogens is 2. The molecule has 0 aromatic carbocycles. The summed E-state index contributed by atoms with van der Waals surface area (Å²) in [6.45, 7) is 2.51. The van der Waals surface area contributed by atoms with Gasteiger partial charge in [-0.05, 0) is 60.4 Å². The van der Waals surface area contributed by atoms with Crippen LogP contribution in [0.4, 0.5) is 0 Å². The molecule has 0 atom stereocenters. The number of carbonyl (C=O) groups is 1. The van der Waals surface area contributed by atoms with E-state index in [-0.39, 0.29) is 5.91 Å². The molecule has 1 N–H and O–H groups in total. The first-order valence-corrected chi connectivity index (χ1v) is 8.38. The Morgan fingerprint density at radius 2 is 2.32 bits per heavy atom. The van der Waals surface area contributed by atoms with Crippen molar-refractivity contribution in [2.75, 3.05) is 0 Å². The molecular formula is C17H17N3OS. The van der Waals surface area contributed by atoms with Crippen molar-refractivity contribution in [3.8, 4) is 0 Å². The smallest absolute Gasteiger partial charge is 0.261 e. The highest BCUT2D eigenvalue weighted by Gasteiger charge is 2.28. The molecule has 5 heteroatoms. The molecule has 1 saturated carbocycles. The number of hydrogen-bond donors (Lipinski definition) is 1. The Morgan fingerprint density at radius 1 is 1.45 bits per heavy atom. The third kappa shape index (κ3) is 2.52. The summed E-state index contributed by atoms with van der Waals surface area (Å²) >= 11 is 1.53. The zero-order valence-electron chi connectivity index (χ0n) is 12.4. The number of hydrogen-bond acceptors (Lipinski definition) is 3. The van der Waals surface area contributed by atoms with Crippen molar-refractivity contribution in [3.05, 3.63) is 57.7 Å². The first-order chi connectivity index (χ1) is 10.7. The minimum atomic E-state index is 0.0186. The number of nitrogens with zero attached hydrogens (tertiary/aromatic N) is 2. The molecular weight excluding hydrogens is 294 g/mol. The number of pyridine rings is 1. The van der Waals surface area contributed by atoms with Crippen molar-refractivity contribution >= 4 is 22.9 Å². The zero-order chi connectivity index (χ0) is 15.1. The highest BCUT2D eigenvalue weighted by molar-refractivity contribution is 7.12. The Kier molecular flexibility index (Phi) is 3.22. The van der Waals surface area contributed by atoms with Gasteiger partial charge in [0, 0.05) is 12.4 Å². The number of thiophene rings is 1. The van der Waals surface area contributed by atoms with E-state index in [4.69, 9.17) is 0 Å². The molecule has 0 unspecified atom stereocenters. The van der Waals surface area contributed by atoms with E-state index in [2.05, 4.69) is 16.4 Å². The fourth-order valence-electron chi connectivity index (χ4n) is 2.69. The average Bonchev–Trinajstić information content (AvgIpc) is 3.09. The van der Waals surface area contributed by atoms with Gasteiger partial charge in [0.05, 0.1) is 17.1 Å². The van der Waals surface area contributed by atoms with E-state index < -0.39 is 0 Å². The van der Waals surface area contributed by atoms with Crippen LogP contribution in [0.5, 0.6) is 0 Å². The number of nitrogens with one attached hydrogen (secondary N) is 1. The topological polar surface area (TPSA) is 46.4 Å². The van der Waals surface area contributed by atoms with Gasteiger partial charge in [0.15, 0.2) is 0 Å². The first-order valence-electron chi connectivity index (χ1n) is 7.50. The Morgan fingerprint density at radius 3 is 3.14 bits per heavy atom. The maximum absolute atomic E-state index is 12.4. The molecule has 0 saturated heterocycles. The van der Waals surface area contributed by atoms with E-state index in [1.54, 1.807) is 0 Å². The predicted molar refractivity (Wildman–Crippen MR) is 87.4 cm³/mol. The molecule has 0 spiro atoms. The summed E-state index contributed by atoms with van der Waals surface area (Å²) in [7, 11) is 0. The molecule has 3 heterocycles. The van der Waals surface area contributed by atoms with Crippen LogP contribution in [0.25, 0.3) is 5.65 Å². The summed E-state index contributed by atoms with van der Waals surface area (Å²) in [6.07, 6.45) is 6.38. The number of imidazole rings is 1. The Bertz CT molecular complexity index is 845. The van der Waals surface area contributed by atoms with E-state index >= 15 is 0 Å². The van der Waals surface area contributed by atoms with Gasteiger partial charge < -0.3 is 9.72 Å². The number of aryl methyl sites for hydroxylation is 1. The minimum absolute atomic E-state index is 0.0186. The van der Waals surface area contributed by atoms with Crippen LogP contribution in [0.1, 0.15) is 45.3 Å². The quantitative estimate of drug-likeness (QED) is 0.801. The fourth-order valence-corrected chi connectivity index (χ4v) is 3.59. The molecule has 1 aliphatic rings. The molecule has 0 aliphatic heterocycles. The van der Waals surface area contributed by atoms with E-state index in [1.165, 1.54) is 35.3 Å². The van der Waals surface area contributed by atoms with Gasteiger partial charge in [0.25, 0.3) is 5.91 Å². The van der Waals surface area contributed by atoms with E-state index in [9.17, 15) is 4.79 Å². The lowest BCUT2D eigenvalue weighted by Crippen LogP contribution is -2.22. The number of carbonyl (C=O) groups excluding carboxylic acids is 1. The van der Waals surface area contributed by atoms with Gasteiger partial charge in [0.2, 0.25) is 0 Å². The van der Waals surface area contributed by atoms with Crippen molar-refractivity contribution in [3.63, 3.8) is 0 Å². The Hall–Kier alpha value is -2.14. The summed E-state index contributed by atoms with van der Waals surface area (Å²) in [5.41, 5.74) is 4.19. The van der Waals surface area contributed by atoms with Gasteiger partial charge in [-0.1, -0.05) is 0 Å². The van der Waals surface area contributed by atoms with Gasteiger partial charge in [-0.2, -0.15) is 0 Å². The van der Waals surface area contributed by atoms with Crippen LogP contribution in [0.3, 0.4) is 0 Å². The molecule has 22 heavy (non-hydrogen) atoms. The maximum atomic E-state index is 12.4. The molecule has 1 aliphatic carbocycles. The second kappa shape index (κ2) is 5.25. The van der Waals surface area contributed by atoms with Crippen molar-refractivity contribution in [2.45, 2.75) is 32.2 Å². The monoisotopic (exact) mass is 311 g/mol. The van der Waals surface area contributed by atoms with Crippen molar-refractivity contribution in [1.82, 2.24) is 14.7 Å². The maximum Gasteiger partial charge on any atom is 0.261 e. The second-order valence-corrected chi connectivity index (χ2v) is 6.78. The van der Waals surface area contributed by atoms with Crippen LogP contribution >= 0.6 is 11.3 Å². The largest absolute Gasteiger partial charge is 0.346 e. The Labute approximate surface area is 132 Å². The van der Waals surface area contributed by atoms with Gasteiger partial charge in [-0.25, -0.2) is 4.98 Å². The van der Waals surface area contributed by atoms with Crippen LogP contribution in [0.2, 0.25) is 0 Å². The molecule has 4 rings (SSSR count). The molecule has 1 amide bonds. The van der Waals surface area contributed by atoms with Gasteiger partial charge in [-0.15, -0.1) is 11.3 Å². The fraction of sp³-hybridized carbons (Fsp3) is 0.294. The molecule has 3 aromatic heterocycles. The number of amides is 1. The summed E-state index contributed by atoms with van der Waals surface area (Å²) < 4.78 is 1.98. The standard InChI is InChI=1S/C17H17N3OS/c1-11-4-6-20-10-13(19-15(20)8-11)9-18-17(21)16-14(5-7-22-16)12-2-3-12/h4-8,10,12H,2-3,9H2,1H3,(H,18,21). The van der Waals surface area contributed by atoms with Crippen LogP contribution in [-0.2, 0) is 6.54 Å². The zero-order valence-corrected chi connectivity index (χ0v) is 13.2. The van der Waals surface area contributed by atoms with E-state index in [0.717, 1.165) is 16.2 Å². The van der Waals surface area contributed by atoms with Crippen molar-refractivity contribution in [2.24, 2.45) is 0 Å².